The lowest BCUT2D eigenvalue weighted by atomic mass is 10.0. The van der Waals surface area contributed by atoms with E-state index in [9.17, 15) is 0 Å². The van der Waals surface area contributed by atoms with Crippen molar-refractivity contribution in [1.82, 2.24) is 0 Å². The number of methoxy groups -OCH3 is 3. The largest absolute Gasteiger partial charge is 0.497 e. The number of aryl methyl sites for hydroxylation is 4. The van der Waals surface area contributed by atoms with Gasteiger partial charge in [0.15, 0.2) is 11.5 Å². The number of benzene rings is 4. The van der Waals surface area contributed by atoms with Gasteiger partial charge in [-0.2, -0.15) is 0 Å². The molecular weight excluding hydrogens is 480 g/mol. The first-order valence-corrected chi connectivity index (χ1v) is 12.7. The molecule has 0 amide bonds. The first-order chi connectivity index (χ1) is 18.6. The monoisotopic (exact) mass is 512 g/mol. The van der Waals surface area contributed by atoms with E-state index in [0.717, 1.165) is 77.1 Å². The maximum Gasteiger partial charge on any atom is 0.231 e. The lowest BCUT2D eigenvalue weighted by Crippen LogP contribution is -1.97. The zero-order valence-electron chi connectivity index (χ0n) is 22.0. The van der Waals surface area contributed by atoms with E-state index in [-0.39, 0.29) is 6.79 Å². The number of hydrogen-bond donors (Lipinski definition) is 0. The van der Waals surface area contributed by atoms with Crippen LogP contribution in [0.15, 0.2) is 78.9 Å². The van der Waals surface area contributed by atoms with Crippen LogP contribution in [-0.4, -0.2) is 28.1 Å². The van der Waals surface area contributed by atoms with E-state index in [0.29, 0.717) is 0 Å². The summed E-state index contributed by atoms with van der Waals surface area (Å²) in [7, 11) is 5.03. The van der Waals surface area contributed by atoms with Crippen molar-refractivity contribution in [1.29, 1.82) is 0 Å². The van der Waals surface area contributed by atoms with Crippen LogP contribution in [0.25, 0.3) is 0 Å². The highest BCUT2D eigenvalue weighted by Gasteiger charge is 2.14. The topological polar surface area (TPSA) is 55.4 Å². The highest BCUT2D eigenvalue weighted by molar-refractivity contribution is 5.46. The van der Waals surface area contributed by atoms with Crippen molar-refractivity contribution in [2.24, 2.45) is 0 Å². The smallest absolute Gasteiger partial charge is 0.231 e. The molecule has 1 heterocycles. The van der Waals surface area contributed by atoms with Gasteiger partial charge in [-0.05, 0) is 96.5 Å². The SMILES string of the molecule is COc1cccc(CCc2cc(OC)cc(Oc3cc(CCc4ccc5c(c4)OCO5)cc(OC)c3)c2)c1. The summed E-state index contributed by atoms with van der Waals surface area (Å²) in [6.45, 7) is 0.280. The minimum absolute atomic E-state index is 0.280. The van der Waals surface area contributed by atoms with Crippen molar-refractivity contribution in [2.75, 3.05) is 28.1 Å². The van der Waals surface area contributed by atoms with Crippen LogP contribution in [0.3, 0.4) is 0 Å². The Morgan fingerprint density at radius 3 is 1.66 bits per heavy atom. The van der Waals surface area contributed by atoms with Gasteiger partial charge in [0.05, 0.1) is 21.3 Å². The van der Waals surface area contributed by atoms with Crippen LogP contribution < -0.4 is 28.4 Å². The second kappa shape index (κ2) is 11.8. The molecule has 0 unspecified atom stereocenters. The van der Waals surface area contributed by atoms with Crippen LogP contribution >= 0.6 is 0 Å². The predicted octanol–water partition coefficient (Wildman–Crippen LogP) is 6.80. The molecule has 0 aromatic heterocycles. The number of fused-ring (bicyclic) bond motifs is 1. The summed E-state index contributed by atoms with van der Waals surface area (Å²) in [6.07, 6.45) is 3.42. The second-order valence-corrected chi connectivity index (χ2v) is 9.17. The number of rotatable bonds is 11. The van der Waals surface area contributed by atoms with Gasteiger partial charge in [-0.25, -0.2) is 0 Å². The zero-order valence-corrected chi connectivity index (χ0v) is 22.0. The van der Waals surface area contributed by atoms with Crippen molar-refractivity contribution in [3.05, 3.63) is 101 Å². The summed E-state index contributed by atoms with van der Waals surface area (Å²) < 4.78 is 33.8. The minimum atomic E-state index is 0.280. The lowest BCUT2D eigenvalue weighted by molar-refractivity contribution is 0.174. The molecule has 0 atom stereocenters. The van der Waals surface area contributed by atoms with Crippen molar-refractivity contribution in [2.45, 2.75) is 25.7 Å². The van der Waals surface area contributed by atoms with Crippen LogP contribution in [0.2, 0.25) is 0 Å². The average Bonchev–Trinajstić information content (AvgIpc) is 3.43. The van der Waals surface area contributed by atoms with Gasteiger partial charge in [-0.15, -0.1) is 0 Å². The normalized spacial score (nSPS) is 11.8. The third kappa shape index (κ3) is 6.32. The van der Waals surface area contributed by atoms with Gasteiger partial charge in [-0.3, -0.25) is 0 Å². The van der Waals surface area contributed by atoms with Crippen molar-refractivity contribution in [3.63, 3.8) is 0 Å². The van der Waals surface area contributed by atoms with Gasteiger partial charge in [0.2, 0.25) is 6.79 Å². The third-order valence-electron chi connectivity index (χ3n) is 6.56. The van der Waals surface area contributed by atoms with E-state index in [1.54, 1.807) is 21.3 Å². The molecule has 0 saturated carbocycles. The van der Waals surface area contributed by atoms with Crippen molar-refractivity contribution < 1.29 is 28.4 Å². The molecule has 4 aromatic carbocycles. The zero-order chi connectivity index (χ0) is 26.3. The molecule has 0 fully saturated rings. The number of ether oxygens (including phenoxy) is 6. The molecule has 6 nitrogen and oxygen atoms in total. The van der Waals surface area contributed by atoms with Gasteiger partial charge in [0.25, 0.3) is 0 Å². The van der Waals surface area contributed by atoms with Gasteiger partial charge in [-0.1, -0.05) is 18.2 Å². The molecule has 4 aromatic rings. The molecule has 0 saturated heterocycles. The Balaban J connectivity index is 1.30. The summed E-state index contributed by atoms with van der Waals surface area (Å²) in [5.74, 6) is 5.42. The predicted molar refractivity (Wildman–Crippen MR) is 146 cm³/mol. The van der Waals surface area contributed by atoms with Crippen LogP contribution in [0.4, 0.5) is 0 Å². The van der Waals surface area contributed by atoms with Crippen LogP contribution in [-0.2, 0) is 25.7 Å². The summed E-state index contributed by atoms with van der Waals surface area (Å²) >= 11 is 0. The second-order valence-electron chi connectivity index (χ2n) is 9.17. The molecule has 6 heteroatoms. The van der Waals surface area contributed by atoms with Crippen LogP contribution in [0.5, 0.6) is 40.2 Å². The summed E-state index contributed by atoms with van der Waals surface area (Å²) in [6, 6.07) is 26.3. The standard InChI is InChI=1S/C32H32O6/c1-33-26-6-4-5-22(13-26)7-9-24-14-27(34-2)19-29(16-24)38-30-17-25(15-28(20-30)35-3)10-8-23-11-12-31-32(18-23)37-21-36-31/h4-6,11-20H,7-10,21H2,1-3H3. The van der Waals surface area contributed by atoms with Gasteiger partial charge >= 0.3 is 0 Å². The Hall–Kier alpha value is -4.32. The molecule has 0 N–H and O–H groups in total. The maximum atomic E-state index is 6.33. The first kappa shape index (κ1) is 25.3. The average molecular weight is 513 g/mol. The van der Waals surface area contributed by atoms with E-state index in [4.69, 9.17) is 28.4 Å². The molecule has 0 spiro atoms. The first-order valence-electron chi connectivity index (χ1n) is 12.7. The molecular formula is C32H32O6. The Morgan fingerprint density at radius 2 is 1.03 bits per heavy atom. The fraction of sp³-hybridized carbons (Fsp3) is 0.250. The van der Waals surface area contributed by atoms with E-state index >= 15 is 0 Å². The molecule has 38 heavy (non-hydrogen) atoms. The fourth-order valence-electron chi connectivity index (χ4n) is 4.54. The molecule has 1 aliphatic rings. The minimum Gasteiger partial charge on any atom is -0.497 e. The van der Waals surface area contributed by atoms with E-state index in [1.807, 2.05) is 42.5 Å². The lowest BCUT2D eigenvalue weighted by Gasteiger charge is -2.13. The maximum absolute atomic E-state index is 6.33. The summed E-state index contributed by atoms with van der Waals surface area (Å²) in [5.41, 5.74) is 4.66. The third-order valence-corrected chi connectivity index (χ3v) is 6.56. The molecule has 1 aliphatic heterocycles. The highest BCUT2D eigenvalue weighted by Crippen LogP contribution is 2.34. The Labute approximate surface area is 223 Å². The highest BCUT2D eigenvalue weighted by atomic mass is 16.7. The fourth-order valence-corrected chi connectivity index (χ4v) is 4.54. The summed E-state index contributed by atoms with van der Waals surface area (Å²) in [5, 5.41) is 0. The quantitative estimate of drug-likeness (QED) is 0.220. The molecule has 196 valence electrons. The molecule has 5 rings (SSSR count). The Kier molecular flexibility index (Phi) is 7.88. The van der Waals surface area contributed by atoms with E-state index in [1.165, 1.54) is 11.1 Å². The molecule has 0 aliphatic carbocycles. The van der Waals surface area contributed by atoms with E-state index < -0.39 is 0 Å². The number of hydrogen-bond acceptors (Lipinski definition) is 6. The van der Waals surface area contributed by atoms with Crippen molar-refractivity contribution in [3.8, 4) is 40.2 Å². The van der Waals surface area contributed by atoms with Gasteiger partial charge in [0.1, 0.15) is 28.7 Å². The molecule has 0 radical (unpaired) electrons. The van der Waals surface area contributed by atoms with Crippen LogP contribution in [0, 0.1) is 0 Å². The Morgan fingerprint density at radius 1 is 0.500 bits per heavy atom. The van der Waals surface area contributed by atoms with Gasteiger partial charge < -0.3 is 28.4 Å². The van der Waals surface area contributed by atoms with Gasteiger partial charge in [0, 0.05) is 12.1 Å². The summed E-state index contributed by atoms with van der Waals surface area (Å²) in [4.78, 5) is 0. The van der Waals surface area contributed by atoms with Crippen molar-refractivity contribution >= 4 is 0 Å². The molecule has 0 bridgehead atoms. The van der Waals surface area contributed by atoms with E-state index in [2.05, 4.69) is 36.4 Å². The van der Waals surface area contributed by atoms with Crippen LogP contribution in [0.1, 0.15) is 22.3 Å². The Bertz CT molecular complexity index is 1400.